The molecule has 8 heteroatoms. The number of ether oxygens (including phenoxy) is 3. The molecule has 6 rings (SSSR count). The zero-order valence-corrected chi connectivity index (χ0v) is 22.8. The van der Waals surface area contributed by atoms with Crippen LogP contribution in [0.1, 0.15) is 21.5 Å². The Morgan fingerprint density at radius 2 is 1.82 bits per heavy atom. The fourth-order valence-corrected chi connectivity index (χ4v) is 5.24. The van der Waals surface area contributed by atoms with Crippen molar-refractivity contribution < 1.29 is 19.0 Å². The Bertz CT molecular complexity index is 1520. The molecule has 0 radical (unpaired) electrons. The summed E-state index contributed by atoms with van der Waals surface area (Å²) < 4.78 is 18.5. The van der Waals surface area contributed by atoms with Crippen LogP contribution in [0.4, 0.5) is 11.4 Å². The van der Waals surface area contributed by atoms with Crippen LogP contribution in [0.5, 0.6) is 5.75 Å². The van der Waals surface area contributed by atoms with Gasteiger partial charge in [-0.15, -0.1) is 0 Å². The van der Waals surface area contributed by atoms with Crippen LogP contribution < -0.4 is 10.1 Å². The van der Waals surface area contributed by atoms with Gasteiger partial charge in [0.2, 0.25) is 0 Å². The van der Waals surface area contributed by atoms with Gasteiger partial charge in [-0.3, -0.25) is 14.7 Å². The third-order valence-corrected chi connectivity index (χ3v) is 7.49. The van der Waals surface area contributed by atoms with E-state index in [0.29, 0.717) is 18.8 Å². The highest BCUT2D eigenvalue weighted by atomic mass is 16.5. The third-order valence-electron chi connectivity index (χ3n) is 7.49. The van der Waals surface area contributed by atoms with E-state index in [4.69, 9.17) is 19.2 Å². The minimum absolute atomic E-state index is 0.132. The number of hydrogen-bond acceptors (Lipinski definition) is 6. The molecule has 2 aliphatic rings. The number of morpholine rings is 1. The molecular weight excluding hydrogens is 504 g/mol. The Kier molecular flexibility index (Phi) is 7.90. The first kappa shape index (κ1) is 26.3. The molecule has 3 aromatic carbocycles. The zero-order chi connectivity index (χ0) is 27.3. The summed E-state index contributed by atoms with van der Waals surface area (Å²) in [5.74, 6) is 0.689. The van der Waals surface area contributed by atoms with Crippen LogP contribution in [0.25, 0.3) is 10.9 Å². The smallest absolute Gasteiger partial charge is 0.255 e. The second kappa shape index (κ2) is 12.0. The SMILES string of the molecule is COCCOc1ccc2c(c1)CC(c1ccc(C(=O)Nc3ccc4c(ccn4CCN4CCOCC4)c3)cc1)=N2. The molecule has 206 valence electrons. The molecule has 0 unspecified atom stereocenters. The summed E-state index contributed by atoms with van der Waals surface area (Å²) in [7, 11) is 1.66. The summed E-state index contributed by atoms with van der Waals surface area (Å²) in [6.07, 6.45) is 2.85. The molecule has 0 aliphatic carbocycles. The van der Waals surface area contributed by atoms with Gasteiger partial charge in [0.05, 0.1) is 31.2 Å². The third kappa shape index (κ3) is 5.94. The topological polar surface area (TPSA) is 77.3 Å². The number of carbonyl (C=O) groups excluding carboxylic acids is 1. The van der Waals surface area contributed by atoms with Crippen molar-refractivity contribution >= 4 is 33.9 Å². The number of aliphatic imine (C=N–C) groups is 1. The standard InChI is InChI=1S/C32H34N4O4/c1-38-18-19-40-28-7-8-29-26(21-28)22-30(34-29)23-2-4-24(5-3-23)32(37)33-27-6-9-31-25(20-27)10-11-36(31)13-12-35-14-16-39-17-15-35/h2-11,20-21H,12-19,22H2,1H3,(H,33,37). The van der Waals surface area contributed by atoms with Gasteiger partial charge in [0.15, 0.2) is 0 Å². The van der Waals surface area contributed by atoms with Crippen LogP contribution in [-0.4, -0.2) is 74.3 Å². The highest BCUT2D eigenvalue weighted by molar-refractivity contribution is 6.08. The molecule has 8 nitrogen and oxygen atoms in total. The van der Waals surface area contributed by atoms with Crippen molar-refractivity contribution in [2.75, 3.05) is 58.5 Å². The van der Waals surface area contributed by atoms with Gasteiger partial charge in [0.25, 0.3) is 5.91 Å². The van der Waals surface area contributed by atoms with E-state index in [0.717, 1.165) is 85.2 Å². The van der Waals surface area contributed by atoms with Crippen molar-refractivity contribution in [1.29, 1.82) is 0 Å². The fourth-order valence-electron chi connectivity index (χ4n) is 5.24. The summed E-state index contributed by atoms with van der Waals surface area (Å²) in [5.41, 5.74) is 6.65. The van der Waals surface area contributed by atoms with Crippen molar-refractivity contribution in [1.82, 2.24) is 9.47 Å². The minimum atomic E-state index is -0.132. The van der Waals surface area contributed by atoms with E-state index in [9.17, 15) is 4.79 Å². The number of carbonyl (C=O) groups is 1. The van der Waals surface area contributed by atoms with Crippen molar-refractivity contribution in [3.63, 3.8) is 0 Å². The highest BCUT2D eigenvalue weighted by Crippen LogP contribution is 2.32. The Balaban J connectivity index is 1.06. The van der Waals surface area contributed by atoms with Crippen LogP contribution in [0, 0.1) is 0 Å². The maximum atomic E-state index is 13.0. The highest BCUT2D eigenvalue weighted by Gasteiger charge is 2.18. The van der Waals surface area contributed by atoms with E-state index >= 15 is 0 Å². The molecule has 2 aliphatic heterocycles. The van der Waals surface area contributed by atoms with Crippen LogP contribution in [0.3, 0.4) is 0 Å². The first-order chi connectivity index (χ1) is 19.7. The molecule has 1 fully saturated rings. The monoisotopic (exact) mass is 538 g/mol. The maximum Gasteiger partial charge on any atom is 0.255 e. The van der Waals surface area contributed by atoms with Crippen LogP contribution in [0.15, 0.2) is 77.9 Å². The van der Waals surface area contributed by atoms with Gasteiger partial charge in [-0.2, -0.15) is 0 Å². The predicted molar refractivity (Wildman–Crippen MR) is 157 cm³/mol. The van der Waals surface area contributed by atoms with Gasteiger partial charge in [0, 0.05) is 68.1 Å². The number of aromatic nitrogens is 1. The Morgan fingerprint density at radius 3 is 2.65 bits per heavy atom. The molecule has 40 heavy (non-hydrogen) atoms. The molecule has 3 heterocycles. The Morgan fingerprint density at radius 1 is 0.975 bits per heavy atom. The Labute approximate surface area is 234 Å². The molecule has 1 saturated heterocycles. The van der Waals surface area contributed by atoms with Gasteiger partial charge in [-0.05, 0) is 65.7 Å². The second-order valence-corrected chi connectivity index (χ2v) is 10.1. The normalized spacial score (nSPS) is 15.2. The average Bonchev–Trinajstić information content (AvgIpc) is 3.60. The fraction of sp³-hybridized carbons (Fsp3) is 0.312. The van der Waals surface area contributed by atoms with Crippen molar-refractivity contribution in [3.8, 4) is 5.75 Å². The number of fused-ring (bicyclic) bond motifs is 2. The minimum Gasteiger partial charge on any atom is -0.491 e. The molecule has 0 bridgehead atoms. The van der Waals surface area contributed by atoms with Crippen molar-refractivity contribution in [2.45, 2.75) is 13.0 Å². The number of amides is 1. The lowest BCUT2D eigenvalue weighted by molar-refractivity contribution is 0.0365. The van der Waals surface area contributed by atoms with E-state index in [2.05, 4.69) is 33.1 Å². The number of rotatable bonds is 10. The van der Waals surface area contributed by atoms with E-state index in [-0.39, 0.29) is 5.91 Å². The summed E-state index contributed by atoms with van der Waals surface area (Å²) in [5, 5.41) is 4.16. The number of nitrogens with one attached hydrogen (secondary N) is 1. The Hall–Kier alpha value is -3.98. The van der Waals surface area contributed by atoms with Crippen LogP contribution >= 0.6 is 0 Å². The first-order valence-corrected chi connectivity index (χ1v) is 13.8. The average molecular weight is 539 g/mol. The summed E-state index contributed by atoms with van der Waals surface area (Å²) in [4.78, 5) is 20.2. The lowest BCUT2D eigenvalue weighted by Gasteiger charge is -2.26. The summed E-state index contributed by atoms with van der Waals surface area (Å²) >= 11 is 0. The molecule has 1 amide bonds. The van der Waals surface area contributed by atoms with Gasteiger partial charge in [-0.1, -0.05) is 12.1 Å². The molecule has 0 saturated carbocycles. The second-order valence-electron chi connectivity index (χ2n) is 10.1. The number of benzene rings is 3. The summed E-state index contributed by atoms with van der Waals surface area (Å²) in [6.45, 7) is 6.61. The number of hydrogen-bond donors (Lipinski definition) is 1. The number of methoxy groups -OCH3 is 1. The van der Waals surface area contributed by atoms with Crippen molar-refractivity contribution in [3.05, 3.63) is 89.6 Å². The molecular formula is C32H34N4O4. The first-order valence-electron chi connectivity index (χ1n) is 13.8. The molecule has 1 aromatic heterocycles. The van der Waals surface area contributed by atoms with Gasteiger partial charge in [-0.25, -0.2) is 0 Å². The lowest BCUT2D eigenvalue weighted by atomic mass is 10.0. The van der Waals surface area contributed by atoms with E-state index in [1.807, 2.05) is 54.6 Å². The lowest BCUT2D eigenvalue weighted by Crippen LogP contribution is -2.38. The largest absolute Gasteiger partial charge is 0.491 e. The zero-order valence-electron chi connectivity index (χ0n) is 22.8. The quantitative estimate of drug-likeness (QED) is 0.290. The van der Waals surface area contributed by atoms with Gasteiger partial charge < -0.3 is 24.1 Å². The molecule has 0 atom stereocenters. The van der Waals surface area contributed by atoms with Crippen molar-refractivity contribution in [2.24, 2.45) is 4.99 Å². The molecule has 1 N–H and O–H groups in total. The van der Waals surface area contributed by atoms with E-state index < -0.39 is 0 Å². The predicted octanol–water partition coefficient (Wildman–Crippen LogP) is 4.93. The summed E-state index contributed by atoms with van der Waals surface area (Å²) in [6, 6.07) is 21.8. The maximum absolute atomic E-state index is 13.0. The number of nitrogens with zero attached hydrogens (tertiary/aromatic N) is 3. The van der Waals surface area contributed by atoms with E-state index in [1.54, 1.807) is 7.11 Å². The van der Waals surface area contributed by atoms with Crippen LogP contribution in [-0.2, 0) is 22.4 Å². The van der Waals surface area contributed by atoms with E-state index in [1.165, 1.54) is 5.52 Å². The van der Waals surface area contributed by atoms with Gasteiger partial charge in [0.1, 0.15) is 12.4 Å². The molecule has 4 aromatic rings. The number of anilines is 1. The van der Waals surface area contributed by atoms with Crippen LogP contribution in [0.2, 0.25) is 0 Å². The molecule has 0 spiro atoms. The van der Waals surface area contributed by atoms with Gasteiger partial charge >= 0.3 is 0 Å².